The van der Waals surface area contributed by atoms with Crippen LogP contribution in [-0.4, -0.2) is 17.2 Å². The molecule has 0 aliphatic rings. The van der Waals surface area contributed by atoms with Crippen LogP contribution in [0.4, 0.5) is 0 Å². The molecule has 5 nitrogen and oxygen atoms in total. The molecule has 0 fully saturated rings. The highest BCUT2D eigenvalue weighted by molar-refractivity contribution is 6.30. The minimum Gasteiger partial charge on any atom is -0.508 e. The number of nitrogens with zero attached hydrogens (tertiary/aromatic N) is 1. The lowest BCUT2D eigenvalue weighted by Crippen LogP contribution is -2.17. The number of ether oxygens (including phenoxy) is 1. The predicted octanol–water partition coefficient (Wildman–Crippen LogP) is 4.39. The number of hydrogen-bond donors (Lipinski definition) is 2. The normalized spacial score (nSPS) is 10.7. The van der Waals surface area contributed by atoms with Crippen LogP contribution in [-0.2, 0) is 6.61 Å². The van der Waals surface area contributed by atoms with E-state index in [0.717, 1.165) is 16.9 Å². The molecule has 3 aromatic carbocycles. The van der Waals surface area contributed by atoms with Crippen molar-refractivity contribution in [1.29, 1.82) is 0 Å². The molecule has 0 heterocycles. The smallest absolute Gasteiger partial charge is 0.271 e. The molecule has 3 rings (SSSR count). The molecule has 27 heavy (non-hydrogen) atoms. The van der Waals surface area contributed by atoms with Gasteiger partial charge >= 0.3 is 0 Å². The van der Waals surface area contributed by atoms with Gasteiger partial charge in [-0.1, -0.05) is 23.7 Å². The summed E-state index contributed by atoms with van der Waals surface area (Å²) in [6.45, 7) is 0.452. The SMILES string of the molecule is O=C(N/N=C\c1ccc(OCc2ccc(Cl)cc2)cc1)c1ccc(O)cc1. The Morgan fingerprint density at radius 1 is 1.00 bits per heavy atom. The maximum Gasteiger partial charge on any atom is 0.271 e. The number of carbonyl (C=O) groups is 1. The second-order valence-corrected chi connectivity index (χ2v) is 6.17. The number of nitrogens with one attached hydrogen (secondary N) is 1. The lowest BCUT2D eigenvalue weighted by Gasteiger charge is -2.06. The van der Waals surface area contributed by atoms with Crippen LogP contribution in [0, 0.1) is 0 Å². The van der Waals surface area contributed by atoms with Gasteiger partial charge in [-0.3, -0.25) is 4.79 Å². The molecule has 0 saturated heterocycles. The first kappa shape index (κ1) is 18.5. The molecule has 136 valence electrons. The summed E-state index contributed by atoms with van der Waals surface area (Å²) in [4.78, 5) is 11.9. The molecule has 0 aliphatic heterocycles. The number of carbonyl (C=O) groups excluding carboxylic acids is 1. The Labute approximate surface area is 161 Å². The van der Waals surface area contributed by atoms with E-state index in [1.54, 1.807) is 6.21 Å². The van der Waals surface area contributed by atoms with Gasteiger partial charge in [0.2, 0.25) is 0 Å². The van der Waals surface area contributed by atoms with Crippen LogP contribution in [0.15, 0.2) is 77.9 Å². The number of phenols is 1. The van der Waals surface area contributed by atoms with Gasteiger partial charge in [0.15, 0.2) is 0 Å². The van der Waals surface area contributed by atoms with E-state index >= 15 is 0 Å². The number of aromatic hydroxyl groups is 1. The Morgan fingerprint density at radius 2 is 1.67 bits per heavy atom. The molecule has 0 radical (unpaired) electrons. The van der Waals surface area contributed by atoms with Crippen molar-refractivity contribution in [2.75, 3.05) is 0 Å². The largest absolute Gasteiger partial charge is 0.508 e. The fourth-order valence-corrected chi connectivity index (χ4v) is 2.37. The van der Waals surface area contributed by atoms with Crippen LogP contribution >= 0.6 is 11.6 Å². The lowest BCUT2D eigenvalue weighted by molar-refractivity contribution is 0.0955. The van der Waals surface area contributed by atoms with Crippen molar-refractivity contribution in [3.63, 3.8) is 0 Å². The number of amides is 1. The van der Waals surface area contributed by atoms with Gasteiger partial charge in [0.05, 0.1) is 6.21 Å². The van der Waals surface area contributed by atoms with Crippen molar-refractivity contribution in [3.05, 3.63) is 94.5 Å². The van der Waals surface area contributed by atoms with E-state index in [9.17, 15) is 9.90 Å². The first-order valence-corrected chi connectivity index (χ1v) is 8.58. The van der Waals surface area contributed by atoms with Crippen LogP contribution < -0.4 is 10.2 Å². The Balaban J connectivity index is 1.50. The number of halogens is 1. The molecule has 3 aromatic rings. The molecule has 0 unspecified atom stereocenters. The zero-order chi connectivity index (χ0) is 19.1. The first-order chi connectivity index (χ1) is 13.1. The van der Waals surface area contributed by atoms with E-state index in [4.69, 9.17) is 16.3 Å². The van der Waals surface area contributed by atoms with E-state index in [-0.39, 0.29) is 11.7 Å². The fraction of sp³-hybridized carbons (Fsp3) is 0.0476. The average molecular weight is 381 g/mol. The summed E-state index contributed by atoms with van der Waals surface area (Å²) < 4.78 is 5.72. The van der Waals surface area contributed by atoms with Crippen molar-refractivity contribution in [1.82, 2.24) is 5.43 Å². The predicted molar refractivity (Wildman–Crippen MR) is 105 cm³/mol. The third-order valence-electron chi connectivity index (χ3n) is 3.71. The summed E-state index contributed by atoms with van der Waals surface area (Å²) in [6.07, 6.45) is 1.54. The van der Waals surface area contributed by atoms with Crippen LogP contribution in [0.1, 0.15) is 21.5 Å². The van der Waals surface area contributed by atoms with Gasteiger partial charge in [0.25, 0.3) is 5.91 Å². The Kier molecular flexibility index (Phi) is 6.07. The first-order valence-electron chi connectivity index (χ1n) is 8.20. The maximum atomic E-state index is 11.9. The molecular formula is C21H17ClN2O3. The number of hydrogen-bond acceptors (Lipinski definition) is 4. The quantitative estimate of drug-likeness (QED) is 0.492. The van der Waals surface area contributed by atoms with E-state index in [1.165, 1.54) is 24.3 Å². The van der Waals surface area contributed by atoms with Crippen molar-refractivity contribution in [2.45, 2.75) is 6.61 Å². The minimum atomic E-state index is -0.353. The van der Waals surface area contributed by atoms with Crippen LogP contribution in [0.25, 0.3) is 0 Å². The topological polar surface area (TPSA) is 70.9 Å². The summed E-state index contributed by atoms with van der Waals surface area (Å²) >= 11 is 5.86. The summed E-state index contributed by atoms with van der Waals surface area (Å²) in [5, 5.41) is 13.8. The zero-order valence-corrected chi connectivity index (χ0v) is 15.1. The Bertz CT molecular complexity index is 921. The number of phenolic OH excluding ortho intramolecular Hbond substituents is 1. The standard InChI is InChI=1S/C21H17ClN2O3/c22-18-7-1-16(2-8-18)14-27-20-11-3-15(4-12-20)13-23-24-21(26)17-5-9-19(25)10-6-17/h1-13,25H,14H2,(H,24,26)/b23-13-. The van der Waals surface area contributed by atoms with Crippen molar-refractivity contribution >= 4 is 23.7 Å². The van der Waals surface area contributed by atoms with E-state index in [2.05, 4.69) is 10.5 Å². The average Bonchev–Trinajstić information content (AvgIpc) is 2.69. The van der Waals surface area contributed by atoms with Crippen LogP contribution in [0.2, 0.25) is 5.02 Å². The third kappa shape index (κ3) is 5.59. The van der Waals surface area contributed by atoms with E-state index < -0.39 is 0 Å². The summed E-state index contributed by atoms with van der Waals surface area (Å²) in [6, 6.07) is 20.8. The molecule has 0 saturated carbocycles. The van der Waals surface area contributed by atoms with Gasteiger partial charge < -0.3 is 9.84 Å². The second kappa shape index (κ2) is 8.87. The number of hydrazone groups is 1. The molecule has 0 atom stereocenters. The number of rotatable bonds is 6. The van der Waals surface area contributed by atoms with Crippen molar-refractivity contribution in [3.8, 4) is 11.5 Å². The van der Waals surface area contributed by atoms with Crippen molar-refractivity contribution < 1.29 is 14.6 Å². The monoisotopic (exact) mass is 380 g/mol. The fourth-order valence-electron chi connectivity index (χ4n) is 2.24. The highest BCUT2D eigenvalue weighted by Gasteiger charge is 2.03. The van der Waals surface area contributed by atoms with Gasteiger partial charge in [0.1, 0.15) is 18.1 Å². The van der Waals surface area contributed by atoms with Gasteiger partial charge in [-0.05, 0) is 71.8 Å². The molecule has 0 bridgehead atoms. The lowest BCUT2D eigenvalue weighted by atomic mass is 10.2. The molecular weight excluding hydrogens is 364 g/mol. The van der Waals surface area contributed by atoms with E-state index in [1.807, 2.05) is 48.5 Å². The molecule has 1 amide bonds. The Hall–Kier alpha value is -3.31. The highest BCUT2D eigenvalue weighted by atomic mass is 35.5. The summed E-state index contributed by atoms with van der Waals surface area (Å²) in [7, 11) is 0. The van der Waals surface area contributed by atoms with Crippen molar-refractivity contribution in [2.24, 2.45) is 5.10 Å². The molecule has 2 N–H and O–H groups in total. The molecule has 0 aromatic heterocycles. The molecule has 0 spiro atoms. The summed E-state index contributed by atoms with van der Waals surface area (Å²) in [5.74, 6) is 0.484. The van der Waals surface area contributed by atoms with Crippen LogP contribution in [0.5, 0.6) is 11.5 Å². The van der Waals surface area contributed by atoms with Gasteiger partial charge in [-0.25, -0.2) is 5.43 Å². The second-order valence-electron chi connectivity index (χ2n) is 5.73. The summed E-state index contributed by atoms with van der Waals surface area (Å²) in [5.41, 5.74) is 4.70. The highest BCUT2D eigenvalue weighted by Crippen LogP contribution is 2.15. The molecule has 6 heteroatoms. The molecule has 0 aliphatic carbocycles. The maximum absolute atomic E-state index is 11.9. The van der Waals surface area contributed by atoms with Crippen LogP contribution in [0.3, 0.4) is 0 Å². The minimum absolute atomic E-state index is 0.105. The Morgan fingerprint density at radius 3 is 2.33 bits per heavy atom. The third-order valence-corrected chi connectivity index (χ3v) is 3.96. The number of benzene rings is 3. The van der Waals surface area contributed by atoms with Gasteiger partial charge in [-0.15, -0.1) is 0 Å². The van der Waals surface area contributed by atoms with Gasteiger partial charge in [-0.2, -0.15) is 5.10 Å². The zero-order valence-electron chi connectivity index (χ0n) is 14.3. The van der Waals surface area contributed by atoms with E-state index in [0.29, 0.717) is 17.2 Å². The van der Waals surface area contributed by atoms with Gasteiger partial charge in [0, 0.05) is 10.6 Å².